The van der Waals surface area contributed by atoms with Crippen molar-refractivity contribution in [3.05, 3.63) is 64.1 Å². The first-order valence-corrected chi connectivity index (χ1v) is 8.21. The van der Waals surface area contributed by atoms with Crippen molar-refractivity contribution in [3.63, 3.8) is 0 Å². The zero-order valence-electron chi connectivity index (χ0n) is 13.4. The maximum Gasteiger partial charge on any atom is 0.244 e. The lowest BCUT2D eigenvalue weighted by Gasteiger charge is -2.28. The van der Waals surface area contributed by atoms with Gasteiger partial charge in [0.15, 0.2) is 0 Å². The molecule has 0 fully saturated rings. The van der Waals surface area contributed by atoms with Crippen LogP contribution in [0, 0.1) is 0 Å². The van der Waals surface area contributed by atoms with Crippen molar-refractivity contribution in [2.75, 3.05) is 11.9 Å². The van der Waals surface area contributed by atoms with E-state index in [0.29, 0.717) is 15.7 Å². The normalized spacial score (nSPS) is 11.7. The molecule has 126 valence electrons. The molecule has 0 aliphatic rings. The molecule has 2 aromatic carbocycles. The maximum atomic E-state index is 12.3. The Labute approximate surface area is 151 Å². The highest BCUT2D eigenvalue weighted by atomic mass is 35.5. The Balaban J connectivity index is 2.08. The summed E-state index contributed by atoms with van der Waals surface area (Å²) >= 11 is 11.8. The van der Waals surface area contributed by atoms with E-state index in [9.17, 15) is 9.59 Å². The number of hydrogen-bond donors (Lipinski definition) is 1. The predicted octanol–water partition coefficient (Wildman–Crippen LogP) is 4.54. The molecule has 0 aliphatic carbocycles. The molecule has 2 aromatic rings. The lowest BCUT2D eigenvalue weighted by atomic mass is 10.1. The van der Waals surface area contributed by atoms with E-state index in [-0.39, 0.29) is 24.4 Å². The van der Waals surface area contributed by atoms with Crippen LogP contribution >= 0.6 is 23.2 Å². The molecule has 1 N–H and O–H groups in total. The van der Waals surface area contributed by atoms with Gasteiger partial charge in [-0.1, -0.05) is 53.5 Å². The number of carbonyl (C=O) groups is 2. The number of benzene rings is 2. The summed E-state index contributed by atoms with van der Waals surface area (Å²) in [5.74, 6) is -0.470. The number of carbonyl (C=O) groups excluding carboxylic acids is 2. The van der Waals surface area contributed by atoms with Gasteiger partial charge < -0.3 is 10.2 Å². The monoisotopic (exact) mass is 364 g/mol. The number of nitrogens with zero attached hydrogens (tertiary/aromatic N) is 1. The zero-order valence-corrected chi connectivity index (χ0v) is 14.9. The minimum absolute atomic E-state index is 0.0500. The van der Waals surface area contributed by atoms with Crippen molar-refractivity contribution in [3.8, 4) is 0 Å². The third-order valence-electron chi connectivity index (χ3n) is 3.67. The molecule has 1 atom stereocenters. The summed E-state index contributed by atoms with van der Waals surface area (Å²) < 4.78 is 0. The molecule has 0 spiro atoms. The van der Waals surface area contributed by atoms with E-state index >= 15 is 0 Å². The fourth-order valence-electron chi connectivity index (χ4n) is 2.36. The molecule has 6 heteroatoms. The molecule has 0 aromatic heterocycles. The van der Waals surface area contributed by atoms with Crippen molar-refractivity contribution in [2.24, 2.45) is 0 Å². The number of halogens is 2. The molecule has 0 saturated carbocycles. The van der Waals surface area contributed by atoms with Crippen LogP contribution in [0.2, 0.25) is 10.0 Å². The average molecular weight is 365 g/mol. The summed E-state index contributed by atoms with van der Waals surface area (Å²) in [6.45, 7) is 3.29. The van der Waals surface area contributed by atoms with Crippen molar-refractivity contribution >= 4 is 40.7 Å². The Kier molecular flexibility index (Phi) is 6.23. The number of amides is 2. The Hall–Kier alpha value is -2.04. The van der Waals surface area contributed by atoms with E-state index < -0.39 is 0 Å². The SMILES string of the molecule is CC(=O)N(CC(=O)Nc1ccc(Cl)c(Cl)c1)C(C)c1ccccc1. The van der Waals surface area contributed by atoms with Crippen LogP contribution < -0.4 is 5.32 Å². The first-order chi connectivity index (χ1) is 11.4. The highest BCUT2D eigenvalue weighted by Gasteiger charge is 2.21. The summed E-state index contributed by atoms with van der Waals surface area (Å²) in [7, 11) is 0. The van der Waals surface area contributed by atoms with Gasteiger partial charge in [0.25, 0.3) is 0 Å². The molecule has 0 radical (unpaired) electrons. The summed E-state index contributed by atoms with van der Waals surface area (Å²) in [5, 5.41) is 3.50. The van der Waals surface area contributed by atoms with Crippen LogP contribution in [0.4, 0.5) is 5.69 Å². The van der Waals surface area contributed by atoms with Gasteiger partial charge in [-0.05, 0) is 30.7 Å². The number of nitrogens with one attached hydrogen (secondary N) is 1. The highest BCUT2D eigenvalue weighted by Crippen LogP contribution is 2.25. The van der Waals surface area contributed by atoms with Gasteiger partial charge >= 0.3 is 0 Å². The van der Waals surface area contributed by atoms with Crippen molar-refractivity contribution in [1.82, 2.24) is 4.90 Å². The van der Waals surface area contributed by atoms with E-state index in [1.807, 2.05) is 37.3 Å². The number of anilines is 1. The lowest BCUT2D eigenvalue weighted by molar-refractivity contribution is -0.134. The van der Waals surface area contributed by atoms with Crippen LogP contribution in [0.1, 0.15) is 25.5 Å². The van der Waals surface area contributed by atoms with Gasteiger partial charge in [-0.25, -0.2) is 0 Å². The minimum atomic E-state index is -0.300. The predicted molar refractivity (Wildman–Crippen MR) is 97.3 cm³/mol. The van der Waals surface area contributed by atoms with Crippen molar-refractivity contribution < 1.29 is 9.59 Å². The number of hydrogen-bond acceptors (Lipinski definition) is 2. The topological polar surface area (TPSA) is 49.4 Å². The smallest absolute Gasteiger partial charge is 0.244 e. The molecule has 1 unspecified atom stereocenters. The number of rotatable bonds is 5. The molecule has 2 rings (SSSR count). The van der Waals surface area contributed by atoms with E-state index in [1.165, 1.54) is 11.8 Å². The molecular formula is C18H18Cl2N2O2. The fourth-order valence-corrected chi connectivity index (χ4v) is 2.66. The van der Waals surface area contributed by atoms with E-state index in [0.717, 1.165) is 5.56 Å². The standard InChI is InChI=1S/C18H18Cl2N2O2/c1-12(14-6-4-3-5-7-14)22(13(2)23)11-18(24)21-15-8-9-16(19)17(20)10-15/h3-10,12H,11H2,1-2H3,(H,21,24). The quantitative estimate of drug-likeness (QED) is 0.846. The summed E-state index contributed by atoms with van der Waals surface area (Å²) in [5.41, 5.74) is 1.50. The van der Waals surface area contributed by atoms with Gasteiger partial charge in [0.2, 0.25) is 11.8 Å². The molecule has 0 saturated heterocycles. The molecular weight excluding hydrogens is 347 g/mol. The summed E-state index contributed by atoms with van der Waals surface area (Å²) in [6.07, 6.45) is 0. The van der Waals surface area contributed by atoms with Gasteiger partial charge in [0.1, 0.15) is 6.54 Å². The van der Waals surface area contributed by atoms with Crippen molar-refractivity contribution in [1.29, 1.82) is 0 Å². The third kappa shape index (κ3) is 4.73. The zero-order chi connectivity index (χ0) is 17.7. The maximum absolute atomic E-state index is 12.3. The average Bonchev–Trinajstić information content (AvgIpc) is 2.56. The van der Waals surface area contributed by atoms with E-state index in [4.69, 9.17) is 23.2 Å². The van der Waals surface area contributed by atoms with Crippen molar-refractivity contribution in [2.45, 2.75) is 19.9 Å². The molecule has 4 nitrogen and oxygen atoms in total. The van der Waals surface area contributed by atoms with Gasteiger partial charge in [-0.15, -0.1) is 0 Å². The fraction of sp³-hybridized carbons (Fsp3) is 0.222. The molecule has 2 amide bonds. The van der Waals surface area contributed by atoms with E-state index in [2.05, 4.69) is 5.32 Å². The second kappa shape index (κ2) is 8.18. The summed E-state index contributed by atoms with van der Waals surface area (Å²) in [6, 6.07) is 14.2. The Morgan fingerprint density at radius 1 is 1.08 bits per heavy atom. The van der Waals surface area contributed by atoms with Crippen LogP contribution in [0.3, 0.4) is 0 Å². The Bertz CT molecular complexity index is 735. The van der Waals surface area contributed by atoms with E-state index in [1.54, 1.807) is 18.2 Å². The van der Waals surface area contributed by atoms with Gasteiger partial charge in [-0.2, -0.15) is 0 Å². The Morgan fingerprint density at radius 3 is 2.33 bits per heavy atom. The second-order valence-electron chi connectivity index (χ2n) is 5.41. The van der Waals surface area contributed by atoms with Crippen LogP contribution in [-0.4, -0.2) is 23.3 Å². The second-order valence-corrected chi connectivity index (χ2v) is 6.23. The van der Waals surface area contributed by atoms with Crippen LogP contribution in [0.5, 0.6) is 0 Å². The molecule has 0 bridgehead atoms. The lowest BCUT2D eigenvalue weighted by Crippen LogP contribution is -2.38. The van der Waals surface area contributed by atoms with Gasteiger partial charge in [0.05, 0.1) is 16.1 Å². The first-order valence-electron chi connectivity index (χ1n) is 7.45. The van der Waals surface area contributed by atoms with Gasteiger partial charge in [0, 0.05) is 12.6 Å². The third-order valence-corrected chi connectivity index (χ3v) is 4.41. The highest BCUT2D eigenvalue weighted by molar-refractivity contribution is 6.42. The first kappa shape index (κ1) is 18.3. The largest absolute Gasteiger partial charge is 0.327 e. The van der Waals surface area contributed by atoms with Crippen LogP contribution in [0.25, 0.3) is 0 Å². The molecule has 24 heavy (non-hydrogen) atoms. The molecule has 0 heterocycles. The minimum Gasteiger partial charge on any atom is -0.327 e. The summed E-state index contributed by atoms with van der Waals surface area (Å²) in [4.78, 5) is 25.7. The molecule has 0 aliphatic heterocycles. The van der Waals surface area contributed by atoms with Crippen LogP contribution in [0.15, 0.2) is 48.5 Å². The Morgan fingerprint density at radius 2 is 1.75 bits per heavy atom. The van der Waals surface area contributed by atoms with Crippen LogP contribution in [-0.2, 0) is 9.59 Å². The van der Waals surface area contributed by atoms with Gasteiger partial charge in [-0.3, -0.25) is 9.59 Å².